The average Bonchev–Trinajstić information content (AvgIpc) is 3.45. The molecule has 3 rings (SSSR count). The first-order valence-electron chi connectivity index (χ1n) is 10.8. The summed E-state index contributed by atoms with van der Waals surface area (Å²) in [4.78, 5) is 24.6. The second-order valence-electron chi connectivity index (χ2n) is 8.07. The Bertz CT molecular complexity index is 849. The highest BCUT2D eigenvalue weighted by atomic mass is 16.6. The molecule has 1 saturated carbocycles. The van der Waals surface area contributed by atoms with Gasteiger partial charge in [0.25, 0.3) is 0 Å². The Morgan fingerprint density at radius 3 is 2.37 bits per heavy atom. The summed E-state index contributed by atoms with van der Waals surface area (Å²) in [6.07, 6.45) is 4.98. The number of esters is 1. The molecule has 1 amide bonds. The number of ether oxygens (including phenoxy) is 2. The van der Waals surface area contributed by atoms with Crippen molar-refractivity contribution in [3.05, 3.63) is 65.7 Å². The van der Waals surface area contributed by atoms with Crippen molar-refractivity contribution in [3.8, 4) is 5.75 Å². The van der Waals surface area contributed by atoms with Gasteiger partial charge in [0.05, 0.1) is 18.7 Å². The van der Waals surface area contributed by atoms with E-state index in [-0.39, 0.29) is 17.4 Å². The zero-order valence-electron chi connectivity index (χ0n) is 18.0. The molecule has 0 aromatic heterocycles. The number of nitrogens with one attached hydrogen (secondary N) is 1. The van der Waals surface area contributed by atoms with Crippen LogP contribution in [0.1, 0.15) is 67.9 Å². The summed E-state index contributed by atoms with van der Waals surface area (Å²) >= 11 is 0. The maximum Gasteiger partial charge on any atom is 0.413 e. The lowest BCUT2D eigenvalue weighted by atomic mass is 9.83. The second kappa shape index (κ2) is 9.79. The first kappa shape index (κ1) is 21.9. The summed E-state index contributed by atoms with van der Waals surface area (Å²) in [6.45, 7) is 4.38. The zero-order chi connectivity index (χ0) is 21.6. The molecule has 0 saturated heterocycles. The molecule has 0 radical (unpaired) electrons. The van der Waals surface area contributed by atoms with Crippen molar-refractivity contribution in [2.75, 3.05) is 7.11 Å². The SMILES string of the molecule is CCC[C@@H]1C[C@@]1(CCC)[C@@H](NC(=O)Oc1ccccc1)c1ccc(C(=O)OC)cc1. The fourth-order valence-electron chi connectivity index (χ4n) is 4.64. The van der Waals surface area contributed by atoms with Gasteiger partial charge in [-0.2, -0.15) is 0 Å². The number of para-hydroxylation sites is 1. The molecular weight excluding hydrogens is 378 g/mol. The van der Waals surface area contributed by atoms with Gasteiger partial charge in [-0.25, -0.2) is 9.59 Å². The van der Waals surface area contributed by atoms with E-state index < -0.39 is 6.09 Å². The van der Waals surface area contributed by atoms with E-state index in [1.807, 2.05) is 30.3 Å². The van der Waals surface area contributed by atoms with Crippen molar-refractivity contribution < 1.29 is 19.1 Å². The van der Waals surface area contributed by atoms with Crippen molar-refractivity contribution in [2.45, 2.75) is 52.0 Å². The van der Waals surface area contributed by atoms with Crippen molar-refractivity contribution >= 4 is 12.1 Å². The molecule has 160 valence electrons. The van der Waals surface area contributed by atoms with E-state index >= 15 is 0 Å². The smallest absolute Gasteiger partial charge is 0.413 e. The summed E-state index contributed by atoms with van der Waals surface area (Å²) in [5, 5.41) is 3.14. The summed E-state index contributed by atoms with van der Waals surface area (Å²) in [7, 11) is 1.37. The van der Waals surface area contributed by atoms with Crippen LogP contribution in [0.15, 0.2) is 54.6 Å². The fraction of sp³-hybridized carbons (Fsp3) is 0.440. The summed E-state index contributed by atoms with van der Waals surface area (Å²) in [6, 6.07) is 16.3. The van der Waals surface area contributed by atoms with Crippen LogP contribution in [-0.4, -0.2) is 19.2 Å². The summed E-state index contributed by atoms with van der Waals surface area (Å²) in [5.41, 5.74) is 1.50. The standard InChI is InChI=1S/C25H31NO4/c1-4-9-20-17-25(20,16-5-2)22(18-12-14-19(15-13-18)23(27)29-3)26-24(28)30-21-10-7-6-8-11-21/h6-8,10-15,20,22H,4-5,9,16-17H2,1-3H3,(H,26,28)/t20-,22+,25-/m1/s1. The number of hydrogen-bond donors (Lipinski definition) is 1. The second-order valence-corrected chi connectivity index (χ2v) is 8.07. The molecule has 2 aromatic rings. The van der Waals surface area contributed by atoms with E-state index in [0.717, 1.165) is 37.7 Å². The molecule has 5 heteroatoms. The lowest BCUT2D eigenvalue weighted by Gasteiger charge is -2.30. The molecule has 5 nitrogen and oxygen atoms in total. The highest BCUT2D eigenvalue weighted by molar-refractivity contribution is 5.89. The lowest BCUT2D eigenvalue weighted by molar-refractivity contribution is 0.0600. The number of methoxy groups -OCH3 is 1. The van der Waals surface area contributed by atoms with Crippen molar-refractivity contribution in [3.63, 3.8) is 0 Å². The Hall–Kier alpha value is -2.82. The van der Waals surface area contributed by atoms with E-state index in [1.165, 1.54) is 7.11 Å². The minimum atomic E-state index is -0.458. The number of carbonyl (C=O) groups is 2. The van der Waals surface area contributed by atoms with E-state index in [0.29, 0.717) is 17.2 Å². The van der Waals surface area contributed by atoms with E-state index in [1.54, 1.807) is 24.3 Å². The zero-order valence-corrected chi connectivity index (χ0v) is 18.0. The predicted octanol–water partition coefficient (Wildman–Crippen LogP) is 5.91. The van der Waals surface area contributed by atoms with Crippen LogP contribution in [0.2, 0.25) is 0 Å². The number of amides is 1. The van der Waals surface area contributed by atoms with Crippen LogP contribution in [0.3, 0.4) is 0 Å². The van der Waals surface area contributed by atoms with Crippen LogP contribution in [0.5, 0.6) is 5.75 Å². The molecule has 1 N–H and O–H groups in total. The first-order chi connectivity index (χ1) is 14.5. The van der Waals surface area contributed by atoms with Crippen LogP contribution in [0, 0.1) is 11.3 Å². The van der Waals surface area contributed by atoms with Gasteiger partial charge < -0.3 is 14.8 Å². The van der Waals surface area contributed by atoms with Crippen LogP contribution in [0.25, 0.3) is 0 Å². The Morgan fingerprint density at radius 1 is 1.07 bits per heavy atom. The Kier molecular flexibility index (Phi) is 7.14. The highest BCUT2D eigenvalue weighted by Gasteiger charge is 2.58. The molecule has 0 bridgehead atoms. The Morgan fingerprint density at radius 2 is 1.77 bits per heavy atom. The molecular formula is C25H31NO4. The van der Waals surface area contributed by atoms with Crippen molar-refractivity contribution in [1.82, 2.24) is 5.32 Å². The van der Waals surface area contributed by atoms with Crippen LogP contribution in [0.4, 0.5) is 4.79 Å². The van der Waals surface area contributed by atoms with Gasteiger partial charge in [-0.05, 0) is 54.0 Å². The van der Waals surface area contributed by atoms with Gasteiger partial charge in [-0.3, -0.25) is 0 Å². The Labute approximate surface area is 178 Å². The minimum absolute atomic E-state index is 0.0211. The molecule has 30 heavy (non-hydrogen) atoms. The first-order valence-corrected chi connectivity index (χ1v) is 10.8. The van der Waals surface area contributed by atoms with Gasteiger partial charge in [0.2, 0.25) is 0 Å². The van der Waals surface area contributed by atoms with Gasteiger partial charge in [0.15, 0.2) is 0 Å². The predicted molar refractivity (Wildman–Crippen MR) is 116 cm³/mol. The van der Waals surface area contributed by atoms with Crippen LogP contribution in [-0.2, 0) is 4.74 Å². The highest BCUT2D eigenvalue weighted by Crippen LogP contribution is 2.64. The molecule has 0 spiro atoms. The number of hydrogen-bond acceptors (Lipinski definition) is 4. The molecule has 2 aromatic carbocycles. The maximum atomic E-state index is 12.8. The third-order valence-electron chi connectivity index (χ3n) is 6.09. The molecule has 1 aliphatic rings. The molecule has 0 aliphatic heterocycles. The summed E-state index contributed by atoms with van der Waals surface area (Å²) in [5.74, 6) is 0.720. The van der Waals surface area contributed by atoms with E-state index in [2.05, 4.69) is 19.2 Å². The minimum Gasteiger partial charge on any atom is -0.465 e. The molecule has 0 unspecified atom stereocenters. The number of rotatable bonds is 9. The molecule has 3 atom stereocenters. The number of benzene rings is 2. The van der Waals surface area contributed by atoms with Crippen molar-refractivity contribution in [1.29, 1.82) is 0 Å². The lowest BCUT2D eigenvalue weighted by Crippen LogP contribution is -2.37. The van der Waals surface area contributed by atoms with Gasteiger partial charge in [-0.15, -0.1) is 0 Å². The number of carbonyl (C=O) groups excluding carboxylic acids is 2. The van der Waals surface area contributed by atoms with E-state index in [9.17, 15) is 9.59 Å². The third-order valence-corrected chi connectivity index (χ3v) is 6.09. The fourth-order valence-corrected chi connectivity index (χ4v) is 4.64. The normalized spacial score (nSPS) is 20.8. The van der Waals surface area contributed by atoms with Crippen LogP contribution < -0.4 is 10.1 Å². The van der Waals surface area contributed by atoms with Gasteiger partial charge in [0.1, 0.15) is 5.75 Å². The van der Waals surface area contributed by atoms with Crippen molar-refractivity contribution in [2.24, 2.45) is 11.3 Å². The van der Waals surface area contributed by atoms with Crippen LogP contribution >= 0.6 is 0 Å². The van der Waals surface area contributed by atoms with Gasteiger partial charge in [-0.1, -0.05) is 63.4 Å². The average molecular weight is 410 g/mol. The Balaban J connectivity index is 1.86. The van der Waals surface area contributed by atoms with Gasteiger partial charge in [0, 0.05) is 0 Å². The molecule has 0 heterocycles. The molecule has 1 aliphatic carbocycles. The monoisotopic (exact) mass is 409 g/mol. The largest absolute Gasteiger partial charge is 0.465 e. The topological polar surface area (TPSA) is 64.6 Å². The quantitative estimate of drug-likeness (QED) is 0.523. The van der Waals surface area contributed by atoms with E-state index in [4.69, 9.17) is 9.47 Å². The third kappa shape index (κ3) is 4.84. The summed E-state index contributed by atoms with van der Waals surface area (Å²) < 4.78 is 10.3. The molecule has 1 fully saturated rings. The maximum absolute atomic E-state index is 12.8. The van der Waals surface area contributed by atoms with Gasteiger partial charge >= 0.3 is 12.1 Å².